The number of hydrogen-bond donors (Lipinski definition) is 0. The van der Waals surface area contributed by atoms with E-state index in [1.165, 1.54) is 30.3 Å². The lowest BCUT2D eigenvalue weighted by Crippen LogP contribution is -2.19. The fourth-order valence-electron chi connectivity index (χ4n) is 6.46. The molecule has 3 aromatic rings. The van der Waals surface area contributed by atoms with Crippen molar-refractivity contribution < 1.29 is 35.8 Å². The zero-order valence-corrected chi connectivity index (χ0v) is 26.3. The van der Waals surface area contributed by atoms with Crippen molar-refractivity contribution in [1.29, 1.82) is 0 Å². The average molecular weight is 643 g/mol. The second-order valence-electron chi connectivity index (χ2n) is 12.2. The minimum atomic E-state index is -1.29. The highest BCUT2D eigenvalue weighted by atomic mass is 19.2. The minimum absolute atomic E-state index is 0.0669. The van der Waals surface area contributed by atoms with E-state index in [0.29, 0.717) is 49.7 Å². The first-order chi connectivity index (χ1) is 22.2. The van der Waals surface area contributed by atoms with Gasteiger partial charge in [0.15, 0.2) is 34.8 Å². The molecular weight excluding hydrogens is 602 g/mol. The van der Waals surface area contributed by atoms with Crippen LogP contribution in [0.15, 0.2) is 48.6 Å². The summed E-state index contributed by atoms with van der Waals surface area (Å²) in [6.07, 6.45) is 11.2. The average Bonchev–Trinajstić information content (AvgIpc) is 3.07. The van der Waals surface area contributed by atoms with Crippen LogP contribution in [0, 0.1) is 46.7 Å². The SMILES string of the molecule is CCCCOc1ccc(C2=CCC(C3CC=C(c4ccc(-c5ccc(OCCCC)c(F)c5F)c(F)c4F)CC3)CC2)c(F)c1F. The number of ether oxygens (including phenoxy) is 2. The molecule has 0 heterocycles. The first-order valence-corrected chi connectivity index (χ1v) is 16.3. The Morgan fingerprint density at radius 2 is 0.891 bits per heavy atom. The Kier molecular flexibility index (Phi) is 11.2. The summed E-state index contributed by atoms with van der Waals surface area (Å²) in [5.41, 5.74) is 1.12. The summed E-state index contributed by atoms with van der Waals surface area (Å²) < 4.78 is 100. The fourth-order valence-corrected chi connectivity index (χ4v) is 6.46. The van der Waals surface area contributed by atoms with Crippen LogP contribution in [0.25, 0.3) is 22.3 Å². The number of halogens is 6. The Morgan fingerprint density at radius 3 is 1.33 bits per heavy atom. The normalized spacial score (nSPS) is 18.3. The van der Waals surface area contributed by atoms with Gasteiger partial charge in [0.2, 0.25) is 11.6 Å². The van der Waals surface area contributed by atoms with Gasteiger partial charge in [0.05, 0.1) is 13.2 Å². The molecule has 0 amide bonds. The topological polar surface area (TPSA) is 18.5 Å². The molecular formula is C38H40F6O2. The molecule has 3 aromatic carbocycles. The summed E-state index contributed by atoms with van der Waals surface area (Å²) in [5.74, 6) is -6.35. The van der Waals surface area contributed by atoms with Crippen molar-refractivity contribution in [2.75, 3.05) is 13.2 Å². The third-order valence-corrected chi connectivity index (χ3v) is 9.24. The summed E-state index contributed by atoms with van der Waals surface area (Å²) in [5, 5.41) is 0. The van der Waals surface area contributed by atoms with Crippen molar-refractivity contribution in [3.8, 4) is 22.6 Å². The molecule has 0 aliphatic heterocycles. The van der Waals surface area contributed by atoms with E-state index in [2.05, 4.69) is 0 Å². The lowest BCUT2D eigenvalue weighted by atomic mass is 9.73. The maximum absolute atomic E-state index is 15.3. The lowest BCUT2D eigenvalue weighted by molar-refractivity contribution is 0.287. The van der Waals surface area contributed by atoms with Crippen molar-refractivity contribution in [3.05, 3.63) is 94.6 Å². The van der Waals surface area contributed by atoms with E-state index < -0.39 is 34.9 Å². The van der Waals surface area contributed by atoms with Gasteiger partial charge in [0.25, 0.3) is 0 Å². The number of rotatable bonds is 12. The molecule has 2 aliphatic rings. The molecule has 0 fully saturated rings. The van der Waals surface area contributed by atoms with Crippen LogP contribution in [0.5, 0.6) is 11.5 Å². The van der Waals surface area contributed by atoms with E-state index in [-0.39, 0.29) is 40.4 Å². The predicted molar refractivity (Wildman–Crippen MR) is 170 cm³/mol. The molecule has 2 aliphatic carbocycles. The molecule has 46 heavy (non-hydrogen) atoms. The largest absolute Gasteiger partial charge is 0.490 e. The van der Waals surface area contributed by atoms with Gasteiger partial charge in [0, 0.05) is 22.3 Å². The molecule has 2 unspecified atom stereocenters. The summed E-state index contributed by atoms with van der Waals surface area (Å²) in [7, 11) is 0. The Bertz CT molecular complexity index is 1610. The number of hydrogen-bond acceptors (Lipinski definition) is 2. The van der Waals surface area contributed by atoms with Crippen LogP contribution >= 0.6 is 0 Å². The standard InChI is InChI=1S/C38H40F6O2/c1-3-5-21-45-31-19-17-28(34(40)37(31)43)26-13-9-24(10-14-26)23-7-11-25(12-8-23)27-15-16-29(35(41)33(27)39)30-18-20-32(38(44)36(30)42)46-22-6-4-2/h11,13,15-20,23-24H,3-10,12,14,21-22H2,1-2H3. The van der Waals surface area contributed by atoms with Crippen LogP contribution in [0.2, 0.25) is 0 Å². The van der Waals surface area contributed by atoms with Gasteiger partial charge in [-0.25, -0.2) is 17.6 Å². The summed E-state index contributed by atoms with van der Waals surface area (Å²) in [6.45, 7) is 4.50. The van der Waals surface area contributed by atoms with Crippen molar-refractivity contribution >= 4 is 11.1 Å². The highest BCUT2D eigenvalue weighted by molar-refractivity contribution is 5.73. The second kappa shape index (κ2) is 15.3. The predicted octanol–water partition coefficient (Wildman–Crippen LogP) is 11.6. The maximum atomic E-state index is 15.3. The third kappa shape index (κ3) is 7.16. The van der Waals surface area contributed by atoms with Gasteiger partial charge in [-0.3, -0.25) is 0 Å². The molecule has 0 spiro atoms. The molecule has 0 N–H and O–H groups in total. The van der Waals surface area contributed by atoms with Crippen molar-refractivity contribution in [1.82, 2.24) is 0 Å². The maximum Gasteiger partial charge on any atom is 0.201 e. The van der Waals surface area contributed by atoms with Crippen LogP contribution in [0.3, 0.4) is 0 Å². The second-order valence-corrected chi connectivity index (χ2v) is 12.2. The van der Waals surface area contributed by atoms with Gasteiger partial charge in [-0.05, 0) is 98.6 Å². The van der Waals surface area contributed by atoms with Crippen molar-refractivity contribution in [2.45, 2.75) is 78.1 Å². The van der Waals surface area contributed by atoms with Crippen LogP contribution in [-0.2, 0) is 0 Å². The van der Waals surface area contributed by atoms with Gasteiger partial charge in [-0.2, -0.15) is 8.78 Å². The van der Waals surface area contributed by atoms with E-state index in [1.807, 2.05) is 26.0 Å². The summed E-state index contributed by atoms with van der Waals surface area (Å²) in [4.78, 5) is 0. The van der Waals surface area contributed by atoms with Gasteiger partial charge in [0.1, 0.15) is 0 Å². The highest BCUT2D eigenvalue weighted by Gasteiger charge is 2.29. The minimum Gasteiger partial charge on any atom is -0.490 e. The van der Waals surface area contributed by atoms with Crippen molar-refractivity contribution in [2.24, 2.45) is 11.8 Å². The van der Waals surface area contributed by atoms with E-state index >= 15 is 8.78 Å². The van der Waals surface area contributed by atoms with Crippen LogP contribution in [0.4, 0.5) is 26.3 Å². The number of unbranched alkanes of at least 4 members (excludes halogenated alkanes) is 2. The molecule has 0 saturated carbocycles. The monoisotopic (exact) mass is 642 g/mol. The van der Waals surface area contributed by atoms with Crippen LogP contribution in [0.1, 0.15) is 89.2 Å². The molecule has 0 bridgehead atoms. The Labute approximate surface area is 267 Å². The first kappa shape index (κ1) is 33.7. The van der Waals surface area contributed by atoms with Gasteiger partial charge in [-0.1, -0.05) is 51.0 Å². The van der Waals surface area contributed by atoms with E-state index in [0.717, 1.165) is 44.1 Å². The quantitative estimate of drug-likeness (QED) is 0.145. The zero-order chi connectivity index (χ0) is 32.8. The number of allylic oxidation sites excluding steroid dienone is 4. The number of benzene rings is 3. The van der Waals surface area contributed by atoms with Crippen LogP contribution < -0.4 is 9.47 Å². The van der Waals surface area contributed by atoms with Gasteiger partial charge >= 0.3 is 0 Å². The molecule has 2 atom stereocenters. The molecule has 5 rings (SSSR count). The summed E-state index contributed by atoms with van der Waals surface area (Å²) >= 11 is 0. The van der Waals surface area contributed by atoms with E-state index in [4.69, 9.17) is 9.47 Å². The van der Waals surface area contributed by atoms with E-state index in [9.17, 15) is 17.6 Å². The molecule has 0 aromatic heterocycles. The van der Waals surface area contributed by atoms with Gasteiger partial charge in [-0.15, -0.1) is 0 Å². The molecule has 0 radical (unpaired) electrons. The highest BCUT2D eigenvalue weighted by Crippen LogP contribution is 2.43. The molecule has 2 nitrogen and oxygen atoms in total. The fraction of sp³-hybridized carbons (Fsp3) is 0.421. The first-order valence-electron chi connectivity index (χ1n) is 16.3. The Morgan fingerprint density at radius 1 is 0.522 bits per heavy atom. The Balaban J connectivity index is 1.24. The smallest absolute Gasteiger partial charge is 0.201 e. The van der Waals surface area contributed by atoms with Crippen LogP contribution in [-0.4, -0.2) is 13.2 Å². The van der Waals surface area contributed by atoms with Crippen molar-refractivity contribution in [3.63, 3.8) is 0 Å². The van der Waals surface area contributed by atoms with Gasteiger partial charge < -0.3 is 9.47 Å². The lowest BCUT2D eigenvalue weighted by Gasteiger charge is -2.32. The third-order valence-electron chi connectivity index (χ3n) is 9.24. The summed E-state index contributed by atoms with van der Waals surface area (Å²) in [6, 6.07) is 8.23. The molecule has 8 heteroatoms. The van der Waals surface area contributed by atoms with E-state index in [1.54, 1.807) is 6.07 Å². The Hall–Kier alpha value is -3.68. The molecule has 246 valence electrons. The zero-order valence-electron chi connectivity index (χ0n) is 26.3. The molecule has 0 saturated heterocycles.